The highest BCUT2D eigenvalue weighted by Crippen LogP contribution is 2.23. The summed E-state index contributed by atoms with van der Waals surface area (Å²) in [6, 6.07) is 0. The van der Waals surface area contributed by atoms with Crippen LogP contribution >= 0.6 is 21.6 Å². The zero-order chi connectivity index (χ0) is 66.1. The molecule has 530 valence electrons. The first-order chi connectivity index (χ1) is 43.5. The number of rotatable bonds is 64. The summed E-state index contributed by atoms with van der Waals surface area (Å²) in [6.07, 6.45) is 24.8. The van der Waals surface area contributed by atoms with Gasteiger partial charge in [0.25, 0.3) is 0 Å². The molecule has 1 aliphatic rings. The molecule has 4 N–H and O–H groups in total. The Morgan fingerprint density at radius 3 is 1.01 bits per heavy atom. The molecule has 0 aliphatic carbocycles. The fourth-order valence-corrected chi connectivity index (χ4v) is 12.8. The minimum atomic E-state index is -0.539. The van der Waals surface area contributed by atoms with Gasteiger partial charge in [-0.05, 0) is 121 Å². The van der Waals surface area contributed by atoms with Crippen LogP contribution in [0.25, 0.3) is 0 Å². The molecule has 20 heteroatoms. The number of hydrogen-bond donors (Lipinski definition) is 4. The lowest BCUT2D eigenvalue weighted by molar-refractivity contribution is -0.145. The average Bonchev–Trinajstić information content (AvgIpc) is 3.71. The van der Waals surface area contributed by atoms with E-state index < -0.39 is 24.4 Å². The molecule has 18 nitrogen and oxygen atoms in total. The molecule has 1 rings (SSSR count). The van der Waals surface area contributed by atoms with Gasteiger partial charge in [-0.2, -0.15) is 0 Å². The number of aliphatic hydroxyl groups excluding tert-OH is 4. The third kappa shape index (κ3) is 56.1. The predicted molar refractivity (Wildman–Crippen MR) is 368 cm³/mol. The molecule has 4 unspecified atom stereocenters. The van der Waals surface area contributed by atoms with Crippen molar-refractivity contribution < 1.29 is 68.1 Å². The molecule has 0 amide bonds. The van der Waals surface area contributed by atoms with Crippen LogP contribution in [0.4, 0.5) is 0 Å². The number of aliphatic hydroxyl groups is 4. The van der Waals surface area contributed by atoms with Crippen molar-refractivity contribution in [1.82, 2.24) is 19.6 Å². The van der Waals surface area contributed by atoms with Crippen LogP contribution in [0.5, 0.6) is 0 Å². The summed E-state index contributed by atoms with van der Waals surface area (Å²) in [4.78, 5) is 70.0. The molecular formula is C70H134N4O14S2. The Hall–Kier alpha value is -2.27. The van der Waals surface area contributed by atoms with Crippen molar-refractivity contribution in [2.45, 2.75) is 284 Å². The summed E-state index contributed by atoms with van der Waals surface area (Å²) in [6.45, 7) is 23.9. The van der Waals surface area contributed by atoms with Crippen molar-refractivity contribution >= 4 is 51.4 Å². The summed E-state index contributed by atoms with van der Waals surface area (Å²) in [5.74, 6) is 2.32. The highest BCUT2D eigenvalue weighted by molar-refractivity contribution is 8.76. The molecule has 0 aromatic heterocycles. The second-order valence-corrected chi connectivity index (χ2v) is 29.0. The second kappa shape index (κ2) is 60.4. The Bertz CT molecular complexity index is 1630. The lowest BCUT2D eigenvalue weighted by Crippen LogP contribution is -2.47. The SMILES string of the molecule is CCCCOC(=O)CCCCCCC(O)CN(CCCSSCCN1CCN(CCOC(=O)CCCCN(CC(O)CCCCCCC(=O)OCCC(C)C)CC(O)CCCCCCC(=O)OCCC(C)C)CC1)CC(O)CCCCCCC(=O)OCCCC. The molecule has 90 heavy (non-hydrogen) atoms. The first-order valence-corrected chi connectivity index (χ1v) is 38.6. The number of carbonyl (C=O) groups excluding carboxylic acids is 5. The fraction of sp³-hybridized carbons (Fsp3) is 0.929. The zero-order valence-corrected chi connectivity index (χ0v) is 59.6. The number of hydrogen-bond acceptors (Lipinski definition) is 20. The summed E-state index contributed by atoms with van der Waals surface area (Å²) in [7, 11) is 3.79. The highest BCUT2D eigenvalue weighted by Gasteiger charge is 2.21. The minimum Gasteiger partial charge on any atom is -0.466 e. The van der Waals surface area contributed by atoms with Crippen molar-refractivity contribution in [3.8, 4) is 0 Å². The Morgan fingerprint density at radius 1 is 0.356 bits per heavy atom. The van der Waals surface area contributed by atoms with E-state index in [1.54, 1.807) is 0 Å². The molecule has 0 aromatic rings. The molecule has 1 saturated heterocycles. The normalized spacial score (nSPS) is 14.6. The van der Waals surface area contributed by atoms with E-state index in [-0.39, 0.29) is 29.8 Å². The molecular weight excluding hydrogens is 1180 g/mol. The smallest absolute Gasteiger partial charge is 0.305 e. The van der Waals surface area contributed by atoms with Crippen molar-refractivity contribution in [2.75, 3.05) is 123 Å². The Balaban J connectivity index is 2.45. The van der Waals surface area contributed by atoms with Gasteiger partial charge >= 0.3 is 29.8 Å². The van der Waals surface area contributed by atoms with Crippen LogP contribution in [0.3, 0.4) is 0 Å². The maximum absolute atomic E-state index is 12.8. The largest absolute Gasteiger partial charge is 0.466 e. The van der Waals surface area contributed by atoms with Crippen molar-refractivity contribution in [3.05, 3.63) is 0 Å². The molecule has 0 radical (unpaired) electrons. The van der Waals surface area contributed by atoms with E-state index in [1.807, 2.05) is 21.6 Å². The number of nitrogens with zero attached hydrogens (tertiary/aromatic N) is 4. The lowest BCUT2D eigenvalue weighted by atomic mass is 10.1. The number of carbonyl (C=O) groups is 5. The highest BCUT2D eigenvalue weighted by atomic mass is 33.1. The molecule has 0 aromatic carbocycles. The monoisotopic (exact) mass is 1320 g/mol. The second-order valence-electron chi connectivity index (χ2n) is 26.3. The van der Waals surface area contributed by atoms with Gasteiger partial charge in [0, 0.05) is 109 Å². The third-order valence-corrected chi connectivity index (χ3v) is 19.0. The maximum atomic E-state index is 12.8. The van der Waals surface area contributed by atoms with Crippen LogP contribution in [0.2, 0.25) is 0 Å². The molecule has 0 spiro atoms. The van der Waals surface area contributed by atoms with Gasteiger partial charge in [-0.3, -0.25) is 43.6 Å². The Kier molecular flexibility index (Phi) is 57.5. The van der Waals surface area contributed by atoms with Crippen molar-refractivity contribution in [1.29, 1.82) is 0 Å². The first kappa shape index (κ1) is 85.7. The molecule has 1 fully saturated rings. The summed E-state index contributed by atoms with van der Waals surface area (Å²) in [5.41, 5.74) is 0. The van der Waals surface area contributed by atoms with Crippen LogP contribution in [0, 0.1) is 11.8 Å². The van der Waals surface area contributed by atoms with E-state index in [1.165, 1.54) is 0 Å². The van der Waals surface area contributed by atoms with Gasteiger partial charge in [0.15, 0.2) is 0 Å². The molecule has 1 aliphatic heterocycles. The predicted octanol–water partition coefficient (Wildman–Crippen LogP) is 12.4. The Labute approximate surface area is 555 Å². The van der Waals surface area contributed by atoms with Crippen molar-refractivity contribution in [2.24, 2.45) is 11.8 Å². The average molecular weight is 1320 g/mol. The minimum absolute atomic E-state index is 0.119. The molecule has 1 heterocycles. The molecule has 0 saturated carbocycles. The van der Waals surface area contributed by atoms with Crippen molar-refractivity contribution in [3.63, 3.8) is 0 Å². The zero-order valence-electron chi connectivity index (χ0n) is 57.9. The summed E-state index contributed by atoms with van der Waals surface area (Å²) < 4.78 is 26.9. The van der Waals surface area contributed by atoms with E-state index >= 15 is 0 Å². The molecule has 0 bridgehead atoms. The van der Waals surface area contributed by atoms with E-state index in [2.05, 4.69) is 61.1 Å². The van der Waals surface area contributed by atoms with E-state index in [0.29, 0.717) is 148 Å². The van der Waals surface area contributed by atoms with Gasteiger partial charge < -0.3 is 44.1 Å². The van der Waals surface area contributed by atoms with Gasteiger partial charge in [0.1, 0.15) is 6.61 Å². The van der Waals surface area contributed by atoms with E-state index in [0.717, 1.165) is 205 Å². The maximum Gasteiger partial charge on any atom is 0.305 e. The standard InChI is InChI=1S/C70H134N4O14S2/c1-7-9-49-84-66(79)34-23-15-11-21-32-64(77)58-74(59-65(78)33-22-12-16-24-35-67(80)85-50-10-8-2)42-29-54-89-90-55-48-72-45-43-71(44-46-72)47-53-88-70(83)38-27-28-41-73(56-62(75)30-19-13-17-25-36-68(81)86-51-39-60(3)4)57-63(76)31-20-14-18-26-37-69(82)87-52-40-61(5)6/h60-65,75-78H,7-59H2,1-6H3. The van der Waals surface area contributed by atoms with Crippen LogP contribution in [-0.2, 0) is 47.7 Å². The third-order valence-electron chi connectivity index (χ3n) is 16.5. The summed E-state index contributed by atoms with van der Waals surface area (Å²) >= 11 is 0. The van der Waals surface area contributed by atoms with Gasteiger partial charge in [-0.1, -0.05) is 153 Å². The Morgan fingerprint density at radius 2 is 0.656 bits per heavy atom. The topological polar surface area (TPSA) is 225 Å². The van der Waals surface area contributed by atoms with Crippen LogP contribution in [0.15, 0.2) is 0 Å². The van der Waals surface area contributed by atoms with Gasteiger partial charge in [0.2, 0.25) is 0 Å². The number of ether oxygens (including phenoxy) is 5. The van der Waals surface area contributed by atoms with Gasteiger partial charge in [-0.15, -0.1) is 0 Å². The first-order valence-electron chi connectivity index (χ1n) is 36.1. The van der Waals surface area contributed by atoms with Gasteiger partial charge in [-0.25, -0.2) is 0 Å². The van der Waals surface area contributed by atoms with Gasteiger partial charge in [0.05, 0.1) is 50.8 Å². The van der Waals surface area contributed by atoms with Crippen LogP contribution in [0.1, 0.15) is 260 Å². The van der Waals surface area contributed by atoms with Crippen LogP contribution < -0.4 is 0 Å². The number of unbranched alkanes of at least 4 members (excludes halogenated alkanes) is 15. The fourth-order valence-electron chi connectivity index (χ4n) is 10.7. The van der Waals surface area contributed by atoms with Crippen LogP contribution in [-0.4, -0.2) is 217 Å². The summed E-state index contributed by atoms with van der Waals surface area (Å²) in [5, 5.41) is 44.3. The lowest BCUT2D eigenvalue weighted by Gasteiger charge is -2.34. The number of esters is 5. The molecule has 4 atom stereocenters. The van der Waals surface area contributed by atoms with E-state index in [4.69, 9.17) is 23.7 Å². The van der Waals surface area contributed by atoms with E-state index in [9.17, 15) is 44.4 Å². The number of piperazine rings is 1. The quantitative estimate of drug-likeness (QED) is 0.0192.